The fourth-order valence-electron chi connectivity index (χ4n) is 1.83. The van der Waals surface area contributed by atoms with Crippen LogP contribution in [0.5, 0.6) is 0 Å². The van der Waals surface area contributed by atoms with Crippen molar-refractivity contribution in [3.63, 3.8) is 0 Å². The first-order valence-electron chi connectivity index (χ1n) is 4.75. The first-order valence-corrected chi connectivity index (χ1v) is 4.75. The molecule has 0 aromatic carbocycles. The van der Waals surface area contributed by atoms with Gasteiger partial charge in [0.25, 0.3) is 0 Å². The Morgan fingerprint density at radius 1 is 1.62 bits per heavy atom. The van der Waals surface area contributed by atoms with Crippen LogP contribution < -0.4 is 0 Å². The summed E-state index contributed by atoms with van der Waals surface area (Å²) in [6.45, 7) is 3.54. The maximum Gasteiger partial charge on any atom is 0.317 e. The molecule has 0 saturated carbocycles. The number of aliphatic hydroxyl groups is 1. The molecule has 0 radical (unpaired) electrons. The Kier molecular flexibility index (Phi) is 3.69. The van der Waals surface area contributed by atoms with Crippen molar-refractivity contribution >= 4 is 5.97 Å². The quantitative estimate of drug-likeness (QED) is 0.661. The molecule has 0 aromatic rings. The summed E-state index contributed by atoms with van der Waals surface area (Å²) in [5, 5.41) is 18.1. The number of carbonyl (C=O) groups is 1. The zero-order valence-corrected chi connectivity index (χ0v) is 7.94. The average Bonchev–Trinajstić information content (AvgIpc) is 2.07. The monoisotopic (exact) mass is 187 g/mol. The van der Waals surface area contributed by atoms with Crippen LogP contribution in [0.4, 0.5) is 0 Å². The molecule has 0 spiro atoms. The van der Waals surface area contributed by atoms with Crippen molar-refractivity contribution in [2.24, 2.45) is 5.92 Å². The Bertz CT molecular complexity index is 184. The molecular weight excluding hydrogens is 170 g/mol. The van der Waals surface area contributed by atoms with E-state index in [1.807, 2.05) is 11.8 Å². The summed E-state index contributed by atoms with van der Waals surface area (Å²) in [7, 11) is 0. The Balaban J connectivity index is 2.40. The Morgan fingerprint density at radius 2 is 2.31 bits per heavy atom. The summed E-state index contributed by atoms with van der Waals surface area (Å²) in [4.78, 5) is 12.3. The smallest absolute Gasteiger partial charge is 0.317 e. The first-order chi connectivity index (χ1) is 6.13. The third kappa shape index (κ3) is 2.97. The molecule has 13 heavy (non-hydrogen) atoms. The molecule has 0 aromatic heterocycles. The molecule has 2 atom stereocenters. The second kappa shape index (κ2) is 4.58. The van der Waals surface area contributed by atoms with Crippen LogP contribution in [-0.4, -0.2) is 46.8 Å². The van der Waals surface area contributed by atoms with Crippen LogP contribution in [0.25, 0.3) is 0 Å². The van der Waals surface area contributed by atoms with Gasteiger partial charge in [-0.25, -0.2) is 0 Å². The number of hydrogen-bond donors (Lipinski definition) is 2. The molecule has 1 fully saturated rings. The number of carboxylic acid groups (broad SMARTS) is 1. The van der Waals surface area contributed by atoms with E-state index in [9.17, 15) is 9.90 Å². The molecule has 0 aliphatic carbocycles. The van der Waals surface area contributed by atoms with E-state index in [1.54, 1.807) is 0 Å². The number of nitrogens with zero attached hydrogens (tertiary/aromatic N) is 1. The minimum atomic E-state index is -0.786. The lowest BCUT2D eigenvalue weighted by Gasteiger charge is -2.34. The third-order valence-corrected chi connectivity index (χ3v) is 2.66. The van der Waals surface area contributed by atoms with E-state index in [0.717, 1.165) is 6.42 Å². The Morgan fingerprint density at radius 3 is 2.85 bits per heavy atom. The lowest BCUT2D eigenvalue weighted by molar-refractivity contribution is -0.139. The van der Waals surface area contributed by atoms with Gasteiger partial charge >= 0.3 is 5.97 Å². The van der Waals surface area contributed by atoms with Crippen molar-refractivity contribution in [1.29, 1.82) is 0 Å². The van der Waals surface area contributed by atoms with Crippen LogP contribution in [0.2, 0.25) is 0 Å². The predicted octanol–water partition coefficient (Wildman–Crippen LogP) is 0.164. The minimum Gasteiger partial charge on any atom is -0.480 e. The second-order valence-electron chi connectivity index (χ2n) is 3.65. The van der Waals surface area contributed by atoms with Gasteiger partial charge in [-0.2, -0.15) is 0 Å². The highest BCUT2D eigenvalue weighted by molar-refractivity contribution is 5.69. The van der Waals surface area contributed by atoms with E-state index in [4.69, 9.17) is 5.11 Å². The standard InChI is InChI=1S/C9H17NO3/c1-2-7-5-10(6-9(12)13)4-3-8(7)11/h7-8,11H,2-6H2,1H3,(H,12,13)/t7-,8+/m0/s1. The zero-order valence-electron chi connectivity index (χ0n) is 7.94. The number of rotatable bonds is 3. The van der Waals surface area contributed by atoms with Crippen molar-refractivity contribution in [2.45, 2.75) is 25.9 Å². The van der Waals surface area contributed by atoms with Crippen LogP contribution in [0.1, 0.15) is 19.8 Å². The van der Waals surface area contributed by atoms with Gasteiger partial charge in [-0.1, -0.05) is 6.92 Å². The van der Waals surface area contributed by atoms with Crippen molar-refractivity contribution in [3.8, 4) is 0 Å². The highest BCUT2D eigenvalue weighted by Crippen LogP contribution is 2.19. The van der Waals surface area contributed by atoms with E-state index < -0.39 is 5.97 Å². The van der Waals surface area contributed by atoms with Gasteiger partial charge in [0.1, 0.15) is 0 Å². The molecule has 4 heteroatoms. The molecule has 0 unspecified atom stereocenters. The van der Waals surface area contributed by atoms with Gasteiger partial charge in [0.2, 0.25) is 0 Å². The van der Waals surface area contributed by atoms with Crippen LogP contribution in [0.15, 0.2) is 0 Å². The average molecular weight is 187 g/mol. The maximum absolute atomic E-state index is 10.4. The number of aliphatic hydroxyl groups excluding tert-OH is 1. The molecule has 1 saturated heterocycles. The van der Waals surface area contributed by atoms with E-state index in [-0.39, 0.29) is 18.6 Å². The highest BCUT2D eigenvalue weighted by Gasteiger charge is 2.26. The van der Waals surface area contributed by atoms with Gasteiger partial charge < -0.3 is 10.2 Å². The van der Waals surface area contributed by atoms with Crippen LogP contribution in [0.3, 0.4) is 0 Å². The van der Waals surface area contributed by atoms with E-state index in [2.05, 4.69) is 0 Å². The van der Waals surface area contributed by atoms with Crippen molar-refractivity contribution in [2.75, 3.05) is 19.6 Å². The number of aliphatic carboxylic acids is 1. The highest BCUT2D eigenvalue weighted by atomic mass is 16.4. The topological polar surface area (TPSA) is 60.8 Å². The number of carboxylic acids is 1. The molecular formula is C9H17NO3. The van der Waals surface area contributed by atoms with Crippen molar-refractivity contribution in [1.82, 2.24) is 4.90 Å². The van der Waals surface area contributed by atoms with Gasteiger partial charge in [0.15, 0.2) is 0 Å². The van der Waals surface area contributed by atoms with Crippen molar-refractivity contribution < 1.29 is 15.0 Å². The fraction of sp³-hybridized carbons (Fsp3) is 0.889. The van der Waals surface area contributed by atoms with Gasteiger partial charge in [-0.3, -0.25) is 9.69 Å². The molecule has 1 aliphatic heterocycles. The number of piperidine rings is 1. The number of likely N-dealkylation sites (tertiary alicyclic amines) is 1. The lowest BCUT2D eigenvalue weighted by atomic mass is 9.92. The van der Waals surface area contributed by atoms with Gasteiger partial charge in [0.05, 0.1) is 12.6 Å². The Labute approximate surface area is 78.2 Å². The molecule has 4 nitrogen and oxygen atoms in total. The summed E-state index contributed by atoms with van der Waals surface area (Å²) in [6, 6.07) is 0. The lowest BCUT2D eigenvalue weighted by Crippen LogP contribution is -2.44. The van der Waals surface area contributed by atoms with Gasteiger partial charge in [0, 0.05) is 13.1 Å². The summed E-state index contributed by atoms with van der Waals surface area (Å²) >= 11 is 0. The second-order valence-corrected chi connectivity index (χ2v) is 3.65. The van der Waals surface area contributed by atoms with Crippen LogP contribution >= 0.6 is 0 Å². The summed E-state index contributed by atoms with van der Waals surface area (Å²) in [6.07, 6.45) is 1.37. The minimum absolute atomic E-state index is 0.100. The largest absolute Gasteiger partial charge is 0.480 e. The van der Waals surface area contributed by atoms with E-state index in [1.165, 1.54) is 0 Å². The normalized spacial score (nSPS) is 30.3. The molecule has 1 rings (SSSR count). The summed E-state index contributed by atoms with van der Waals surface area (Å²) < 4.78 is 0. The molecule has 0 amide bonds. The van der Waals surface area contributed by atoms with E-state index >= 15 is 0 Å². The molecule has 1 aliphatic rings. The van der Waals surface area contributed by atoms with Gasteiger partial charge in [-0.05, 0) is 18.8 Å². The zero-order chi connectivity index (χ0) is 9.84. The summed E-state index contributed by atoms with van der Waals surface area (Å²) in [5.74, 6) is -0.542. The summed E-state index contributed by atoms with van der Waals surface area (Å²) in [5.41, 5.74) is 0. The van der Waals surface area contributed by atoms with Gasteiger partial charge in [-0.15, -0.1) is 0 Å². The van der Waals surface area contributed by atoms with Crippen LogP contribution in [0, 0.1) is 5.92 Å². The van der Waals surface area contributed by atoms with Crippen LogP contribution in [-0.2, 0) is 4.79 Å². The van der Waals surface area contributed by atoms with E-state index in [0.29, 0.717) is 19.5 Å². The number of hydrogen-bond acceptors (Lipinski definition) is 3. The molecule has 76 valence electrons. The SMILES string of the molecule is CC[C@H]1CN(CC(=O)O)CC[C@H]1O. The Hall–Kier alpha value is -0.610. The molecule has 0 bridgehead atoms. The maximum atomic E-state index is 10.4. The van der Waals surface area contributed by atoms with Crippen molar-refractivity contribution in [3.05, 3.63) is 0 Å². The fourth-order valence-corrected chi connectivity index (χ4v) is 1.83. The molecule has 2 N–H and O–H groups in total. The third-order valence-electron chi connectivity index (χ3n) is 2.66. The predicted molar refractivity (Wildman–Crippen MR) is 48.5 cm³/mol. The first kappa shape index (κ1) is 10.5. The molecule has 1 heterocycles.